The van der Waals surface area contributed by atoms with Gasteiger partial charge in [0.25, 0.3) is 0 Å². The molecule has 1 aliphatic carbocycles. The number of nitrogens with zero attached hydrogens (tertiary/aromatic N) is 5. The summed E-state index contributed by atoms with van der Waals surface area (Å²) >= 11 is 6.63. The zero-order chi connectivity index (χ0) is 21.1. The Morgan fingerprint density at radius 1 is 1.43 bits per heavy atom. The highest BCUT2D eigenvalue weighted by molar-refractivity contribution is 6.31. The van der Waals surface area contributed by atoms with Crippen molar-refractivity contribution < 1.29 is 9.53 Å². The van der Waals surface area contributed by atoms with Gasteiger partial charge < -0.3 is 9.64 Å². The number of piperidine rings is 1. The quantitative estimate of drug-likeness (QED) is 0.648. The first-order valence-corrected chi connectivity index (χ1v) is 10.7. The Balaban J connectivity index is 1.63. The lowest BCUT2D eigenvalue weighted by Gasteiger charge is -2.35. The predicted molar refractivity (Wildman–Crippen MR) is 113 cm³/mol. The number of likely N-dealkylation sites (tertiary alicyclic amines) is 1. The molecule has 0 spiro atoms. The third-order valence-corrected chi connectivity index (χ3v) is 6.10. The lowest BCUT2D eigenvalue weighted by molar-refractivity contribution is -0.127. The topological polar surface area (TPSA) is 85.2 Å². The number of amides is 1. The molecule has 2 aromatic rings. The number of halogens is 1. The molecule has 2 atom stereocenters. The molecule has 2 unspecified atom stereocenters. The van der Waals surface area contributed by atoms with E-state index >= 15 is 0 Å². The van der Waals surface area contributed by atoms with Gasteiger partial charge in [-0.25, -0.2) is 4.68 Å². The summed E-state index contributed by atoms with van der Waals surface area (Å²) in [6, 6.07) is 5.44. The second kappa shape index (κ2) is 9.14. The van der Waals surface area contributed by atoms with E-state index in [4.69, 9.17) is 16.3 Å². The molecule has 2 fully saturated rings. The fraction of sp³-hybridized carbons (Fsp3) is 0.524. The molecule has 1 aromatic carbocycles. The fourth-order valence-corrected chi connectivity index (χ4v) is 4.22. The average Bonchev–Trinajstić information content (AvgIpc) is 3.47. The van der Waals surface area contributed by atoms with Gasteiger partial charge in [-0.05, 0) is 65.8 Å². The third-order valence-electron chi connectivity index (χ3n) is 5.77. The molecule has 1 amide bonds. The van der Waals surface area contributed by atoms with Crippen LogP contribution in [0.1, 0.15) is 43.1 Å². The Hall–Kier alpha value is -2.45. The number of rotatable bonds is 8. The molecule has 1 saturated heterocycles. The number of benzene rings is 1. The van der Waals surface area contributed by atoms with Gasteiger partial charge in [0.1, 0.15) is 5.75 Å². The summed E-state index contributed by atoms with van der Waals surface area (Å²) in [5.74, 6) is 2.02. The number of aromatic nitrogens is 4. The van der Waals surface area contributed by atoms with Gasteiger partial charge in [0.2, 0.25) is 5.91 Å². The number of hydrogen-bond acceptors (Lipinski definition) is 6. The molecule has 0 radical (unpaired) electrons. The van der Waals surface area contributed by atoms with Crippen LogP contribution in [-0.4, -0.2) is 57.3 Å². The number of carbonyl (C=O) groups excluding carboxylic acids is 1. The van der Waals surface area contributed by atoms with Crippen molar-refractivity contribution in [2.75, 3.05) is 20.2 Å². The smallest absolute Gasteiger partial charge is 0.246 e. The Morgan fingerprint density at radius 2 is 2.27 bits per heavy atom. The number of methoxy groups -OCH3 is 1. The third kappa shape index (κ3) is 4.65. The van der Waals surface area contributed by atoms with Crippen molar-refractivity contribution in [2.45, 2.75) is 44.3 Å². The minimum absolute atomic E-state index is 0.0425. The molecular weight excluding hydrogens is 404 g/mol. The van der Waals surface area contributed by atoms with E-state index in [2.05, 4.69) is 27.4 Å². The highest BCUT2D eigenvalue weighted by Crippen LogP contribution is 2.34. The van der Waals surface area contributed by atoms with E-state index in [1.165, 1.54) is 18.9 Å². The van der Waals surface area contributed by atoms with Crippen molar-refractivity contribution in [2.24, 2.45) is 5.92 Å². The highest BCUT2D eigenvalue weighted by atomic mass is 35.5. The van der Waals surface area contributed by atoms with Gasteiger partial charge in [0, 0.05) is 30.7 Å². The minimum Gasteiger partial charge on any atom is -0.497 e. The van der Waals surface area contributed by atoms with E-state index in [1.807, 2.05) is 21.7 Å². The molecular formula is C21H27ClN6O2. The van der Waals surface area contributed by atoms with Gasteiger partial charge in [-0.15, -0.1) is 5.10 Å². The SMILES string of the molecule is C=CC(=O)N1CCCC(NC(c2ccc(OC)cc2Cl)c2nnnn2CC2CC2)C1. The van der Waals surface area contributed by atoms with E-state index in [-0.39, 0.29) is 18.0 Å². The Kier molecular flexibility index (Phi) is 6.34. The van der Waals surface area contributed by atoms with Crippen LogP contribution in [0.3, 0.4) is 0 Å². The molecule has 160 valence electrons. The van der Waals surface area contributed by atoms with Crippen LogP contribution in [0.25, 0.3) is 0 Å². The number of tetrazole rings is 1. The normalized spacial score (nSPS) is 20.1. The molecule has 1 N–H and O–H groups in total. The fourth-order valence-electron chi connectivity index (χ4n) is 3.94. The average molecular weight is 431 g/mol. The van der Waals surface area contributed by atoms with Crippen molar-refractivity contribution in [1.29, 1.82) is 0 Å². The monoisotopic (exact) mass is 430 g/mol. The van der Waals surface area contributed by atoms with E-state index in [1.54, 1.807) is 13.2 Å². The standard InChI is InChI=1S/C21H27ClN6O2/c1-3-19(29)27-10-4-5-15(13-27)23-20(17-9-8-16(30-2)11-18(17)22)21-24-25-26-28(21)12-14-6-7-14/h3,8-9,11,14-15,20,23H,1,4-7,10,12-13H2,2H3. The highest BCUT2D eigenvalue weighted by Gasteiger charge is 2.31. The largest absolute Gasteiger partial charge is 0.497 e. The van der Waals surface area contributed by atoms with Crippen molar-refractivity contribution in [3.8, 4) is 5.75 Å². The van der Waals surface area contributed by atoms with Gasteiger partial charge in [-0.3, -0.25) is 10.1 Å². The van der Waals surface area contributed by atoms with Gasteiger partial charge in [0.05, 0.1) is 13.2 Å². The Morgan fingerprint density at radius 3 is 2.97 bits per heavy atom. The summed E-state index contributed by atoms with van der Waals surface area (Å²) in [4.78, 5) is 13.9. The zero-order valence-electron chi connectivity index (χ0n) is 17.1. The number of hydrogen-bond donors (Lipinski definition) is 1. The van der Waals surface area contributed by atoms with E-state index in [9.17, 15) is 4.79 Å². The molecule has 1 aromatic heterocycles. The summed E-state index contributed by atoms with van der Waals surface area (Å²) in [5, 5.41) is 16.8. The number of nitrogens with one attached hydrogen (secondary N) is 1. The molecule has 8 nitrogen and oxygen atoms in total. The van der Waals surface area contributed by atoms with Crippen LogP contribution < -0.4 is 10.1 Å². The summed E-state index contributed by atoms with van der Waals surface area (Å²) in [6.45, 7) is 5.77. The summed E-state index contributed by atoms with van der Waals surface area (Å²) in [6.07, 6.45) is 5.67. The van der Waals surface area contributed by atoms with Gasteiger partial charge in [-0.1, -0.05) is 24.2 Å². The summed E-state index contributed by atoms with van der Waals surface area (Å²) in [5.41, 5.74) is 0.886. The van der Waals surface area contributed by atoms with Crippen LogP contribution in [0.2, 0.25) is 5.02 Å². The maximum Gasteiger partial charge on any atom is 0.246 e. The molecule has 4 rings (SSSR count). The number of carbonyl (C=O) groups is 1. The van der Waals surface area contributed by atoms with Gasteiger partial charge in [-0.2, -0.15) is 0 Å². The molecule has 1 aliphatic heterocycles. The second-order valence-corrected chi connectivity index (χ2v) is 8.38. The van der Waals surface area contributed by atoms with Crippen LogP contribution in [0.5, 0.6) is 5.75 Å². The van der Waals surface area contributed by atoms with Crippen LogP contribution in [0.4, 0.5) is 0 Å². The molecule has 2 aliphatic rings. The maximum atomic E-state index is 12.1. The van der Waals surface area contributed by atoms with Crippen LogP contribution in [0, 0.1) is 5.92 Å². The van der Waals surface area contributed by atoms with E-state index in [0.717, 1.165) is 37.3 Å². The lowest BCUT2D eigenvalue weighted by atomic mass is 10.0. The van der Waals surface area contributed by atoms with Crippen LogP contribution in [0.15, 0.2) is 30.9 Å². The van der Waals surface area contributed by atoms with Gasteiger partial charge >= 0.3 is 0 Å². The van der Waals surface area contributed by atoms with Crippen molar-refractivity contribution in [3.05, 3.63) is 47.3 Å². The minimum atomic E-state index is -0.291. The van der Waals surface area contributed by atoms with E-state index < -0.39 is 0 Å². The predicted octanol–water partition coefficient (Wildman–Crippen LogP) is 2.60. The zero-order valence-corrected chi connectivity index (χ0v) is 17.9. The van der Waals surface area contributed by atoms with Crippen molar-refractivity contribution in [3.63, 3.8) is 0 Å². The van der Waals surface area contributed by atoms with Crippen LogP contribution in [-0.2, 0) is 11.3 Å². The van der Waals surface area contributed by atoms with Crippen LogP contribution >= 0.6 is 11.6 Å². The molecule has 2 heterocycles. The second-order valence-electron chi connectivity index (χ2n) is 7.98. The van der Waals surface area contributed by atoms with E-state index in [0.29, 0.717) is 23.2 Å². The van der Waals surface area contributed by atoms with Crippen molar-refractivity contribution in [1.82, 2.24) is 30.4 Å². The Bertz CT molecular complexity index is 913. The summed E-state index contributed by atoms with van der Waals surface area (Å²) < 4.78 is 7.18. The maximum absolute atomic E-state index is 12.1. The van der Waals surface area contributed by atoms with Crippen molar-refractivity contribution >= 4 is 17.5 Å². The first-order valence-electron chi connectivity index (χ1n) is 10.4. The lowest BCUT2D eigenvalue weighted by Crippen LogP contribution is -2.49. The van der Waals surface area contributed by atoms with Gasteiger partial charge in [0.15, 0.2) is 5.82 Å². The molecule has 0 bridgehead atoms. The summed E-state index contributed by atoms with van der Waals surface area (Å²) in [7, 11) is 1.62. The first-order chi connectivity index (χ1) is 14.6. The Labute approximate surface area is 181 Å². The number of ether oxygens (including phenoxy) is 1. The molecule has 30 heavy (non-hydrogen) atoms. The molecule has 1 saturated carbocycles. The first kappa shape index (κ1) is 20.8. The molecule has 9 heteroatoms.